The number of carbonyl (C=O) groups excluding carboxylic acids is 1. The first-order valence-corrected chi connectivity index (χ1v) is 11.0. The fourth-order valence-corrected chi connectivity index (χ4v) is 4.52. The van der Waals surface area contributed by atoms with Gasteiger partial charge in [0.05, 0.1) is 11.6 Å². The van der Waals surface area contributed by atoms with E-state index in [0.29, 0.717) is 5.39 Å². The molecule has 1 aromatic heterocycles. The van der Waals surface area contributed by atoms with Crippen molar-refractivity contribution in [1.29, 1.82) is 0 Å². The third-order valence-electron chi connectivity index (χ3n) is 6.38. The summed E-state index contributed by atoms with van der Waals surface area (Å²) >= 11 is 0. The summed E-state index contributed by atoms with van der Waals surface area (Å²) < 4.78 is 1.20. The van der Waals surface area contributed by atoms with E-state index in [0.717, 1.165) is 29.3 Å². The van der Waals surface area contributed by atoms with Gasteiger partial charge in [0.15, 0.2) is 0 Å². The maximum atomic E-state index is 12.5. The van der Waals surface area contributed by atoms with Crippen LogP contribution < -0.4 is 10.9 Å². The van der Waals surface area contributed by atoms with Crippen molar-refractivity contribution < 1.29 is 4.79 Å². The van der Waals surface area contributed by atoms with E-state index in [9.17, 15) is 9.59 Å². The summed E-state index contributed by atoms with van der Waals surface area (Å²) in [4.78, 5) is 27.4. The van der Waals surface area contributed by atoms with Crippen LogP contribution in [0.25, 0.3) is 10.8 Å². The molecule has 1 N–H and O–H groups in total. The van der Waals surface area contributed by atoms with Gasteiger partial charge in [-0.15, -0.1) is 0 Å². The van der Waals surface area contributed by atoms with Gasteiger partial charge >= 0.3 is 0 Å². The Morgan fingerprint density at radius 1 is 1.16 bits per heavy atom. The number of piperidine rings is 1. The summed E-state index contributed by atoms with van der Waals surface area (Å²) in [5, 5.41) is 8.32. The average Bonchev–Trinajstić information content (AvgIpc) is 2.76. The SMILES string of the molecule is C[C@@H]1CN(C)CC[C@@H]1CCc1ccc(NC(=O)Cn2ncc3ccccc3c2=O)cc1. The number of rotatable bonds is 6. The van der Waals surface area contributed by atoms with E-state index in [2.05, 4.69) is 41.4 Å². The van der Waals surface area contributed by atoms with Gasteiger partial charge in [-0.3, -0.25) is 9.59 Å². The minimum atomic E-state index is -0.266. The van der Waals surface area contributed by atoms with Gasteiger partial charge in [-0.05, 0) is 68.5 Å². The van der Waals surface area contributed by atoms with Crippen LogP contribution in [0.15, 0.2) is 59.5 Å². The zero-order valence-corrected chi connectivity index (χ0v) is 18.3. The molecule has 0 spiro atoms. The minimum Gasteiger partial charge on any atom is -0.324 e. The summed E-state index contributed by atoms with van der Waals surface area (Å²) in [5.74, 6) is 1.26. The van der Waals surface area contributed by atoms with Crippen LogP contribution in [0, 0.1) is 11.8 Å². The lowest BCUT2D eigenvalue weighted by Gasteiger charge is -2.34. The maximum Gasteiger partial charge on any atom is 0.275 e. The molecule has 0 aliphatic carbocycles. The van der Waals surface area contributed by atoms with Crippen LogP contribution in [0.4, 0.5) is 5.69 Å². The number of carbonyl (C=O) groups is 1. The number of hydrogen-bond donors (Lipinski definition) is 1. The van der Waals surface area contributed by atoms with E-state index in [1.807, 2.05) is 30.3 Å². The number of nitrogens with one attached hydrogen (secondary N) is 1. The number of likely N-dealkylation sites (tertiary alicyclic amines) is 1. The first kappa shape index (κ1) is 21.2. The molecule has 4 rings (SSSR count). The molecule has 31 heavy (non-hydrogen) atoms. The predicted octanol–water partition coefficient (Wildman–Crippen LogP) is 3.56. The Hall–Kier alpha value is -2.99. The molecular formula is C25H30N4O2. The molecule has 6 nitrogen and oxygen atoms in total. The quantitative estimate of drug-likeness (QED) is 0.665. The lowest BCUT2D eigenvalue weighted by atomic mass is 9.83. The third kappa shape index (κ3) is 5.20. The molecule has 1 saturated heterocycles. The Morgan fingerprint density at radius 2 is 1.94 bits per heavy atom. The van der Waals surface area contributed by atoms with Crippen LogP contribution in [0.2, 0.25) is 0 Å². The lowest BCUT2D eigenvalue weighted by molar-refractivity contribution is -0.117. The predicted molar refractivity (Wildman–Crippen MR) is 124 cm³/mol. The fraction of sp³-hybridized carbons (Fsp3) is 0.400. The summed E-state index contributed by atoms with van der Waals surface area (Å²) in [6.07, 6.45) is 5.15. The van der Waals surface area contributed by atoms with E-state index in [-0.39, 0.29) is 18.0 Å². The minimum absolute atomic E-state index is 0.112. The molecule has 3 aromatic rings. The molecule has 0 saturated carbocycles. The average molecular weight is 419 g/mol. The van der Waals surface area contributed by atoms with Crippen molar-refractivity contribution in [3.63, 3.8) is 0 Å². The van der Waals surface area contributed by atoms with E-state index in [4.69, 9.17) is 0 Å². The van der Waals surface area contributed by atoms with Crippen molar-refractivity contribution in [2.24, 2.45) is 11.8 Å². The molecule has 1 aliphatic rings. The molecule has 2 heterocycles. The van der Waals surface area contributed by atoms with E-state index < -0.39 is 0 Å². The zero-order chi connectivity index (χ0) is 21.8. The Bertz CT molecular complexity index is 1110. The molecule has 1 fully saturated rings. The Morgan fingerprint density at radius 3 is 2.71 bits per heavy atom. The molecule has 2 aromatic carbocycles. The highest BCUT2D eigenvalue weighted by Crippen LogP contribution is 2.27. The van der Waals surface area contributed by atoms with Crippen molar-refractivity contribution in [3.8, 4) is 0 Å². The molecule has 1 aliphatic heterocycles. The molecule has 0 radical (unpaired) electrons. The third-order valence-corrected chi connectivity index (χ3v) is 6.38. The second kappa shape index (κ2) is 9.43. The number of anilines is 1. The van der Waals surface area contributed by atoms with Crippen LogP contribution in [0.3, 0.4) is 0 Å². The number of hydrogen-bond acceptors (Lipinski definition) is 4. The van der Waals surface area contributed by atoms with Gasteiger partial charge in [-0.2, -0.15) is 5.10 Å². The first-order valence-electron chi connectivity index (χ1n) is 11.0. The molecule has 6 heteroatoms. The maximum absolute atomic E-state index is 12.5. The highest BCUT2D eigenvalue weighted by atomic mass is 16.2. The normalized spacial score (nSPS) is 19.4. The fourth-order valence-electron chi connectivity index (χ4n) is 4.52. The van der Waals surface area contributed by atoms with Crippen LogP contribution in [0.5, 0.6) is 0 Å². The molecule has 0 unspecified atom stereocenters. The topological polar surface area (TPSA) is 67.2 Å². The number of amides is 1. The highest BCUT2D eigenvalue weighted by molar-refractivity contribution is 5.90. The van der Waals surface area contributed by atoms with Crippen molar-refractivity contribution in [2.45, 2.75) is 32.7 Å². The lowest BCUT2D eigenvalue weighted by Crippen LogP contribution is -2.36. The number of aryl methyl sites for hydroxylation is 1. The summed E-state index contributed by atoms with van der Waals surface area (Å²) in [6, 6.07) is 15.3. The molecule has 1 amide bonds. The Balaban J connectivity index is 1.32. The summed E-state index contributed by atoms with van der Waals surface area (Å²) in [5.41, 5.74) is 1.76. The molecular weight excluding hydrogens is 388 g/mol. The number of nitrogens with zero attached hydrogens (tertiary/aromatic N) is 3. The van der Waals surface area contributed by atoms with Gasteiger partial charge in [-0.25, -0.2) is 4.68 Å². The molecule has 162 valence electrons. The van der Waals surface area contributed by atoms with Gasteiger partial charge in [0.2, 0.25) is 5.91 Å². The van der Waals surface area contributed by atoms with Crippen molar-refractivity contribution in [1.82, 2.24) is 14.7 Å². The first-order chi connectivity index (χ1) is 15.0. The van der Waals surface area contributed by atoms with E-state index >= 15 is 0 Å². The largest absolute Gasteiger partial charge is 0.324 e. The van der Waals surface area contributed by atoms with Gasteiger partial charge in [0, 0.05) is 17.6 Å². The van der Waals surface area contributed by atoms with Gasteiger partial charge < -0.3 is 10.2 Å². The van der Waals surface area contributed by atoms with Gasteiger partial charge in [-0.1, -0.05) is 37.3 Å². The van der Waals surface area contributed by atoms with E-state index in [1.54, 1.807) is 12.3 Å². The van der Waals surface area contributed by atoms with Gasteiger partial charge in [0.1, 0.15) is 6.54 Å². The second-order valence-electron chi connectivity index (χ2n) is 8.77. The number of aromatic nitrogens is 2. The van der Waals surface area contributed by atoms with Crippen LogP contribution in [0.1, 0.15) is 25.3 Å². The monoisotopic (exact) mass is 418 g/mol. The van der Waals surface area contributed by atoms with Crippen LogP contribution in [-0.2, 0) is 17.8 Å². The van der Waals surface area contributed by atoms with Crippen molar-refractivity contribution >= 4 is 22.4 Å². The number of benzene rings is 2. The molecule has 0 bridgehead atoms. The Kier molecular flexibility index (Phi) is 6.47. The van der Waals surface area contributed by atoms with Crippen LogP contribution in [-0.4, -0.2) is 40.7 Å². The van der Waals surface area contributed by atoms with E-state index in [1.165, 1.54) is 36.2 Å². The smallest absolute Gasteiger partial charge is 0.275 e. The standard InChI is InChI=1S/C25H30N4O2/c1-18-16-28(2)14-13-20(18)10-7-19-8-11-22(12-9-19)27-24(30)17-29-25(31)23-6-4-3-5-21(23)15-26-29/h3-6,8-9,11-12,15,18,20H,7,10,13-14,16-17H2,1-2H3,(H,27,30)/t18-,20+/m1/s1. The number of fused-ring (bicyclic) bond motifs is 1. The van der Waals surface area contributed by atoms with Crippen molar-refractivity contribution in [2.75, 3.05) is 25.5 Å². The second-order valence-corrected chi connectivity index (χ2v) is 8.77. The molecule has 2 atom stereocenters. The van der Waals surface area contributed by atoms with Crippen LogP contribution >= 0.6 is 0 Å². The van der Waals surface area contributed by atoms with Crippen molar-refractivity contribution in [3.05, 3.63) is 70.6 Å². The summed E-state index contributed by atoms with van der Waals surface area (Å²) in [6.45, 7) is 4.62. The highest BCUT2D eigenvalue weighted by Gasteiger charge is 2.23. The zero-order valence-electron chi connectivity index (χ0n) is 18.3. The van der Waals surface area contributed by atoms with Gasteiger partial charge in [0.25, 0.3) is 5.56 Å². The summed E-state index contributed by atoms with van der Waals surface area (Å²) in [7, 11) is 2.20. The Labute approximate surface area is 182 Å².